The molecule has 2 heterocycles. The van der Waals surface area contributed by atoms with Crippen LogP contribution in [0.3, 0.4) is 0 Å². The van der Waals surface area contributed by atoms with Gasteiger partial charge in [-0.25, -0.2) is 4.39 Å². The van der Waals surface area contributed by atoms with Crippen LogP contribution in [0, 0.1) is 19.7 Å². The van der Waals surface area contributed by atoms with E-state index in [1.165, 1.54) is 17.7 Å². The molecule has 4 rings (SSSR count). The van der Waals surface area contributed by atoms with Crippen molar-refractivity contribution in [1.82, 2.24) is 19.3 Å². The van der Waals surface area contributed by atoms with Crippen molar-refractivity contribution in [3.05, 3.63) is 70.7 Å². The summed E-state index contributed by atoms with van der Waals surface area (Å²) in [5.74, 6) is -0.0435. The van der Waals surface area contributed by atoms with Crippen LogP contribution in [0.4, 0.5) is 4.39 Å². The first-order chi connectivity index (χ1) is 16.3. The molecular formula is C28H37FN4O. The minimum absolute atomic E-state index is 0.151. The second-order valence-electron chi connectivity index (χ2n) is 9.80. The van der Waals surface area contributed by atoms with Crippen LogP contribution in [-0.4, -0.2) is 78.5 Å². The molecule has 1 aliphatic rings. The molecule has 1 fully saturated rings. The summed E-state index contributed by atoms with van der Waals surface area (Å²) in [6, 6.07) is 13.2. The third-order valence-electron chi connectivity index (χ3n) is 6.97. The summed E-state index contributed by atoms with van der Waals surface area (Å²) in [6.07, 6.45) is 1.94. The lowest BCUT2D eigenvalue weighted by molar-refractivity contribution is 0.0639. The number of amides is 1. The predicted molar refractivity (Wildman–Crippen MR) is 137 cm³/mol. The van der Waals surface area contributed by atoms with Crippen LogP contribution in [0.1, 0.15) is 33.6 Å². The molecule has 5 nitrogen and oxygen atoms in total. The summed E-state index contributed by atoms with van der Waals surface area (Å²) in [5, 5.41) is 1.08. The number of fused-ring (bicyclic) bond motifs is 1. The molecule has 1 amide bonds. The highest BCUT2D eigenvalue weighted by atomic mass is 19.1. The van der Waals surface area contributed by atoms with Gasteiger partial charge >= 0.3 is 0 Å². The van der Waals surface area contributed by atoms with Gasteiger partial charge in [0.25, 0.3) is 5.91 Å². The first kappa shape index (κ1) is 24.4. The number of aromatic nitrogens is 1. The third-order valence-corrected chi connectivity index (χ3v) is 6.97. The molecule has 0 saturated carbocycles. The van der Waals surface area contributed by atoms with Crippen LogP contribution in [0.15, 0.2) is 42.5 Å². The second kappa shape index (κ2) is 10.7. The maximum atomic E-state index is 13.7. The summed E-state index contributed by atoms with van der Waals surface area (Å²) in [7, 11) is 4.19. The summed E-state index contributed by atoms with van der Waals surface area (Å²) < 4.78 is 15.5. The van der Waals surface area contributed by atoms with Crippen LogP contribution in [0.25, 0.3) is 10.9 Å². The zero-order valence-corrected chi connectivity index (χ0v) is 21.0. The van der Waals surface area contributed by atoms with Crippen molar-refractivity contribution in [2.45, 2.75) is 33.2 Å². The van der Waals surface area contributed by atoms with E-state index in [0.29, 0.717) is 0 Å². The number of piperazine rings is 1. The second-order valence-corrected chi connectivity index (χ2v) is 9.80. The minimum atomic E-state index is -0.194. The topological polar surface area (TPSA) is 31.7 Å². The highest BCUT2D eigenvalue weighted by Crippen LogP contribution is 2.29. The van der Waals surface area contributed by atoms with Crippen molar-refractivity contribution in [2.24, 2.45) is 0 Å². The molecule has 3 aromatic rings. The number of rotatable bonds is 8. The lowest BCUT2D eigenvalue weighted by Gasteiger charge is -2.35. The van der Waals surface area contributed by atoms with Gasteiger partial charge in [-0.2, -0.15) is 0 Å². The first-order valence-corrected chi connectivity index (χ1v) is 12.3. The van der Waals surface area contributed by atoms with E-state index < -0.39 is 0 Å². The average molecular weight is 465 g/mol. The van der Waals surface area contributed by atoms with Gasteiger partial charge in [-0.3, -0.25) is 9.69 Å². The predicted octanol–water partition coefficient (Wildman–Crippen LogP) is 4.35. The van der Waals surface area contributed by atoms with Crippen LogP contribution in [-0.2, 0) is 13.0 Å². The number of aryl methyl sites for hydroxylation is 2. The quantitative estimate of drug-likeness (QED) is 0.497. The Bertz CT molecular complexity index is 1130. The summed E-state index contributed by atoms with van der Waals surface area (Å²) in [6.45, 7) is 10.3. The Morgan fingerprint density at radius 1 is 0.971 bits per heavy atom. The van der Waals surface area contributed by atoms with Crippen molar-refractivity contribution in [3.8, 4) is 0 Å². The zero-order chi connectivity index (χ0) is 24.2. The Morgan fingerprint density at radius 2 is 1.68 bits per heavy atom. The van der Waals surface area contributed by atoms with Gasteiger partial charge in [0.15, 0.2) is 0 Å². The van der Waals surface area contributed by atoms with Gasteiger partial charge in [-0.15, -0.1) is 0 Å². The molecule has 1 saturated heterocycles. The first-order valence-electron chi connectivity index (χ1n) is 12.3. The van der Waals surface area contributed by atoms with Gasteiger partial charge in [0, 0.05) is 55.9 Å². The molecule has 0 atom stereocenters. The van der Waals surface area contributed by atoms with Gasteiger partial charge in [-0.1, -0.05) is 23.8 Å². The van der Waals surface area contributed by atoms with Crippen LogP contribution >= 0.6 is 0 Å². The van der Waals surface area contributed by atoms with E-state index in [4.69, 9.17) is 0 Å². The van der Waals surface area contributed by atoms with Gasteiger partial charge in [0.05, 0.1) is 5.56 Å². The number of hydrogen-bond donors (Lipinski definition) is 0. The number of halogens is 1. The molecule has 34 heavy (non-hydrogen) atoms. The smallest absolute Gasteiger partial charge is 0.256 e. The summed E-state index contributed by atoms with van der Waals surface area (Å²) in [4.78, 5) is 20.3. The largest absolute Gasteiger partial charge is 0.344 e. The Hall–Kier alpha value is -2.70. The van der Waals surface area contributed by atoms with Crippen molar-refractivity contribution in [2.75, 3.05) is 53.4 Å². The SMILES string of the molecule is Cc1ccc2c(c1)c(C(=O)N1CCN(CCc3ccc(F)cc3)CC1)c(C)n2CCCN(C)C. The van der Waals surface area contributed by atoms with E-state index >= 15 is 0 Å². The van der Waals surface area contributed by atoms with Gasteiger partial charge in [0.1, 0.15) is 5.82 Å². The van der Waals surface area contributed by atoms with E-state index in [-0.39, 0.29) is 11.7 Å². The molecule has 0 N–H and O–H groups in total. The molecule has 0 spiro atoms. The van der Waals surface area contributed by atoms with Crippen molar-refractivity contribution < 1.29 is 9.18 Å². The van der Waals surface area contributed by atoms with E-state index in [9.17, 15) is 9.18 Å². The Balaban J connectivity index is 1.44. The highest BCUT2D eigenvalue weighted by molar-refractivity contribution is 6.08. The van der Waals surface area contributed by atoms with Gasteiger partial charge < -0.3 is 14.4 Å². The zero-order valence-electron chi connectivity index (χ0n) is 21.0. The normalized spacial score (nSPS) is 14.9. The summed E-state index contributed by atoms with van der Waals surface area (Å²) >= 11 is 0. The molecule has 6 heteroatoms. The fourth-order valence-corrected chi connectivity index (χ4v) is 4.97. The molecular weight excluding hydrogens is 427 g/mol. The lowest BCUT2D eigenvalue weighted by Crippen LogP contribution is -2.49. The maximum Gasteiger partial charge on any atom is 0.256 e. The number of carbonyl (C=O) groups excluding carboxylic acids is 1. The molecule has 1 aromatic heterocycles. The van der Waals surface area contributed by atoms with E-state index in [1.54, 1.807) is 0 Å². The van der Waals surface area contributed by atoms with Crippen LogP contribution in [0.5, 0.6) is 0 Å². The summed E-state index contributed by atoms with van der Waals surface area (Å²) in [5.41, 5.74) is 5.42. The number of benzene rings is 2. The number of carbonyl (C=O) groups is 1. The van der Waals surface area contributed by atoms with Crippen molar-refractivity contribution in [3.63, 3.8) is 0 Å². The van der Waals surface area contributed by atoms with Crippen LogP contribution in [0.2, 0.25) is 0 Å². The molecule has 182 valence electrons. The molecule has 0 radical (unpaired) electrons. The number of nitrogens with zero attached hydrogens (tertiary/aromatic N) is 4. The fraction of sp³-hybridized carbons (Fsp3) is 0.464. The van der Waals surface area contributed by atoms with E-state index in [2.05, 4.69) is 60.5 Å². The maximum absolute atomic E-state index is 13.7. The molecule has 0 unspecified atom stereocenters. The molecule has 0 bridgehead atoms. The molecule has 0 aliphatic carbocycles. The Kier molecular flexibility index (Phi) is 7.69. The standard InChI is InChI=1S/C28H37FN4O/c1-21-6-11-26-25(20-21)27(22(2)33(26)14-5-13-30(3)4)28(34)32-18-16-31(17-19-32)15-12-23-7-9-24(29)10-8-23/h6-11,20H,5,12-19H2,1-4H3. The molecule has 2 aromatic carbocycles. The van der Waals surface area contributed by atoms with Gasteiger partial charge in [0.2, 0.25) is 0 Å². The Labute approximate surface area is 202 Å². The Morgan fingerprint density at radius 3 is 2.35 bits per heavy atom. The van der Waals surface area contributed by atoms with Crippen molar-refractivity contribution >= 4 is 16.8 Å². The highest BCUT2D eigenvalue weighted by Gasteiger charge is 2.27. The monoisotopic (exact) mass is 464 g/mol. The van der Waals surface area contributed by atoms with E-state index in [0.717, 1.165) is 86.4 Å². The lowest BCUT2D eigenvalue weighted by atomic mass is 10.1. The minimum Gasteiger partial charge on any atom is -0.344 e. The third kappa shape index (κ3) is 5.50. The van der Waals surface area contributed by atoms with Gasteiger partial charge in [-0.05, 0) is 77.2 Å². The molecule has 1 aliphatic heterocycles. The number of hydrogen-bond acceptors (Lipinski definition) is 3. The van der Waals surface area contributed by atoms with E-state index in [1.807, 2.05) is 17.0 Å². The fourth-order valence-electron chi connectivity index (χ4n) is 4.97. The average Bonchev–Trinajstić information content (AvgIpc) is 3.09. The van der Waals surface area contributed by atoms with Crippen molar-refractivity contribution in [1.29, 1.82) is 0 Å². The van der Waals surface area contributed by atoms with Crippen LogP contribution < -0.4 is 0 Å².